The van der Waals surface area contributed by atoms with Gasteiger partial charge >= 0.3 is 0 Å². The third-order valence-corrected chi connectivity index (χ3v) is 5.41. The van der Waals surface area contributed by atoms with Crippen molar-refractivity contribution in [3.05, 3.63) is 47.0 Å². The molecule has 0 saturated heterocycles. The first-order valence-electron chi connectivity index (χ1n) is 7.26. The van der Waals surface area contributed by atoms with Crippen LogP contribution in [0.25, 0.3) is 0 Å². The predicted molar refractivity (Wildman–Crippen MR) is 92.5 cm³/mol. The zero-order valence-corrected chi connectivity index (χ0v) is 14.5. The summed E-state index contributed by atoms with van der Waals surface area (Å²) >= 11 is 14.1. The van der Waals surface area contributed by atoms with Crippen molar-refractivity contribution < 1.29 is 0 Å². The van der Waals surface area contributed by atoms with Gasteiger partial charge in [-0.05, 0) is 31.0 Å². The fourth-order valence-corrected chi connectivity index (χ4v) is 3.88. The van der Waals surface area contributed by atoms with E-state index in [0.29, 0.717) is 10.3 Å². The Kier molecular flexibility index (Phi) is 6.94. The molecular formula is C16H20Cl2N2S. The van der Waals surface area contributed by atoms with Gasteiger partial charge in [0, 0.05) is 34.1 Å². The van der Waals surface area contributed by atoms with Crippen LogP contribution in [0.15, 0.2) is 41.8 Å². The SMILES string of the molecule is CCCCC(CCn1ccnc1)Sc1ccc(Cl)cc1Cl. The number of aromatic nitrogens is 2. The predicted octanol–water partition coefficient (Wildman–Crippen LogP) is 5.93. The van der Waals surface area contributed by atoms with E-state index in [1.165, 1.54) is 19.3 Å². The third-order valence-electron chi connectivity index (χ3n) is 3.34. The van der Waals surface area contributed by atoms with Crippen LogP contribution in [0.4, 0.5) is 0 Å². The Balaban J connectivity index is 1.97. The lowest BCUT2D eigenvalue weighted by Crippen LogP contribution is -2.08. The largest absolute Gasteiger partial charge is 0.337 e. The summed E-state index contributed by atoms with van der Waals surface area (Å²) in [5.41, 5.74) is 0. The number of halogens is 2. The number of hydrogen-bond acceptors (Lipinski definition) is 2. The minimum Gasteiger partial charge on any atom is -0.337 e. The monoisotopic (exact) mass is 342 g/mol. The highest BCUT2D eigenvalue weighted by atomic mass is 35.5. The van der Waals surface area contributed by atoms with E-state index in [1.54, 1.807) is 0 Å². The topological polar surface area (TPSA) is 17.8 Å². The number of thioether (sulfide) groups is 1. The van der Waals surface area contributed by atoms with Crippen molar-refractivity contribution in [2.45, 2.75) is 49.3 Å². The van der Waals surface area contributed by atoms with E-state index >= 15 is 0 Å². The van der Waals surface area contributed by atoms with E-state index in [2.05, 4.69) is 16.5 Å². The lowest BCUT2D eigenvalue weighted by molar-refractivity contribution is 0.580. The fraction of sp³-hybridized carbons (Fsp3) is 0.438. The van der Waals surface area contributed by atoms with Crippen LogP contribution in [0.2, 0.25) is 10.0 Å². The molecule has 0 fully saturated rings. The molecule has 5 heteroatoms. The summed E-state index contributed by atoms with van der Waals surface area (Å²) in [4.78, 5) is 5.21. The number of imidazole rings is 1. The number of nitrogens with zero attached hydrogens (tertiary/aromatic N) is 2. The van der Waals surface area contributed by atoms with Crippen LogP contribution in [-0.2, 0) is 6.54 Å². The van der Waals surface area contributed by atoms with Gasteiger partial charge in [-0.15, -0.1) is 11.8 Å². The van der Waals surface area contributed by atoms with Crippen LogP contribution in [0.5, 0.6) is 0 Å². The average Bonchev–Trinajstić information content (AvgIpc) is 2.97. The van der Waals surface area contributed by atoms with Crippen molar-refractivity contribution >= 4 is 35.0 Å². The molecule has 0 aliphatic carbocycles. The summed E-state index contributed by atoms with van der Waals surface area (Å²) in [6, 6.07) is 5.74. The molecule has 0 bridgehead atoms. The van der Waals surface area contributed by atoms with Gasteiger partial charge in [0.25, 0.3) is 0 Å². The minimum absolute atomic E-state index is 0.561. The Labute approximate surface area is 140 Å². The van der Waals surface area contributed by atoms with Gasteiger partial charge < -0.3 is 4.57 Å². The van der Waals surface area contributed by atoms with E-state index in [0.717, 1.165) is 22.9 Å². The van der Waals surface area contributed by atoms with Crippen molar-refractivity contribution in [1.29, 1.82) is 0 Å². The van der Waals surface area contributed by atoms with Gasteiger partial charge in [-0.3, -0.25) is 0 Å². The maximum absolute atomic E-state index is 6.29. The lowest BCUT2D eigenvalue weighted by Gasteiger charge is -2.17. The van der Waals surface area contributed by atoms with Crippen LogP contribution < -0.4 is 0 Å². The molecule has 1 aromatic carbocycles. The molecule has 2 rings (SSSR count). The lowest BCUT2D eigenvalue weighted by atomic mass is 10.1. The summed E-state index contributed by atoms with van der Waals surface area (Å²) < 4.78 is 2.13. The van der Waals surface area contributed by atoms with E-state index in [-0.39, 0.29) is 0 Å². The quantitative estimate of drug-likeness (QED) is 0.553. The first-order chi connectivity index (χ1) is 10.2. The van der Waals surface area contributed by atoms with Crippen LogP contribution in [0.1, 0.15) is 32.6 Å². The smallest absolute Gasteiger partial charge is 0.0945 e. The van der Waals surface area contributed by atoms with Crippen molar-refractivity contribution in [3.8, 4) is 0 Å². The second-order valence-electron chi connectivity index (χ2n) is 5.05. The van der Waals surface area contributed by atoms with Crippen LogP contribution in [-0.4, -0.2) is 14.8 Å². The van der Waals surface area contributed by atoms with Crippen molar-refractivity contribution in [2.24, 2.45) is 0 Å². The van der Waals surface area contributed by atoms with E-state index < -0.39 is 0 Å². The molecule has 1 aromatic heterocycles. The Hall–Kier alpha value is -0.640. The highest BCUT2D eigenvalue weighted by Gasteiger charge is 2.13. The summed E-state index contributed by atoms with van der Waals surface area (Å²) in [5.74, 6) is 0. The molecule has 1 atom stereocenters. The molecule has 2 nitrogen and oxygen atoms in total. The average molecular weight is 343 g/mol. The van der Waals surface area contributed by atoms with E-state index in [4.69, 9.17) is 23.2 Å². The Morgan fingerprint density at radius 3 is 2.81 bits per heavy atom. The van der Waals surface area contributed by atoms with Crippen LogP contribution in [0, 0.1) is 0 Å². The first-order valence-corrected chi connectivity index (χ1v) is 8.90. The molecular weight excluding hydrogens is 323 g/mol. The molecule has 0 aliphatic rings. The zero-order chi connectivity index (χ0) is 15.1. The third kappa shape index (κ3) is 5.57. The fourth-order valence-electron chi connectivity index (χ4n) is 2.16. The molecule has 2 aromatic rings. The summed E-state index contributed by atoms with van der Waals surface area (Å²) in [6.07, 6.45) is 10.5. The highest BCUT2D eigenvalue weighted by Crippen LogP contribution is 2.35. The van der Waals surface area contributed by atoms with Gasteiger partial charge in [0.15, 0.2) is 0 Å². The molecule has 0 aliphatic heterocycles. The van der Waals surface area contributed by atoms with Crippen molar-refractivity contribution in [1.82, 2.24) is 9.55 Å². The number of aryl methyl sites for hydroxylation is 1. The van der Waals surface area contributed by atoms with Crippen LogP contribution in [0.3, 0.4) is 0 Å². The van der Waals surface area contributed by atoms with Gasteiger partial charge in [0.05, 0.1) is 11.3 Å². The zero-order valence-electron chi connectivity index (χ0n) is 12.1. The van der Waals surface area contributed by atoms with Crippen molar-refractivity contribution in [3.63, 3.8) is 0 Å². The number of hydrogen-bond donors (Lipinski definition) is 0. The van der Waals surface area contributed by atoms with Gasteiger partial charge in [-0.1, -0.05) is 43.0 Å². The Morgan fingerprint density at radius 2 is 2.14 bits per heavy atom. The van der Waals surface area contributed by atoms with Crippen LogP contribution >= 0.6 is 35.0 Å². The summed E-state index contributed by atoms with van der Waals surface area (Å²) in [5, 5.41) is 2.00. The first kappa shape index (κ1) is 16.7. The molecule has 0 radical (unpaired) electrons. The molecule has 0 amide bonds. The number of unbranched alkanes of at least 4 members (excludes halogenated alkanes) is 1. The molecule has 114 valence electrons. The Bertz CT molecular complexity index is 543. The van der Waals surface area contributed by atoms with Gasteiger partial charge in [0.2, 0.25) is 0 Å². The standard InChI is InChI=1S/C16H20Cl2N2S/c1-2-3-4-14(7-9-20-10-8-19-12-20)21-16-6-5-13(17)11-15(16)18/h5-6,8,10-12,14H,2-4,7,9H2,1H3. The van der Waals surface area contributed by atoms with E-state index in [1.807, 2.05) is 48.7 Å². The molecule has 1 unspecified atom stereocenters. The second kappa shape index (κ2) is 8.72. The normalized spacial score (nSPS) is 12.5. The molecule has 0 spiro atoms. The van der Waals surface area contributed by atoms with E-state index in [9.17, 15) is 0 Å². The minimum atomic E-state index is 0.561. The highest BCUT2D eigenvalue weighted by molar-refractivity contribution is 8.00. The number of benzene rings is 1. The van der Waals surface area contributed by atoms with Crippen molar-refractivity contribution in [2.75, 3.05) is 0 Å². The maximum atomic E-state index is 6.29. The van der Waals surface area contributed by atoms with Gasteiger partial charge in [-0.2, -0.15) is 0 Å². The van der Waals surface area contributed by atoms with Gasteiger partial charge in [-0.25, -0.2) is 4.98 Å². The molecule has 21 heavy (non-hydrogen) atoms. The molecule has 0 saturated carbocycles. The molecule has 1 heterocycles. The second-order valence-corrected chi connectivity index (χ2v) is 7.23. The Morgan fingerprint density at radius 1 is 1.29 bits per heavy atom. The maximum Gasteiger partial charge on any atom is 0.0945 e. The summed E-state index contributed by atoms with van der Waals surface area (Å²) in [7, 11) is 0. The van der Waals surface area contributed by atoms with Gasteiger partial charge in [0.1, 0.15) is 0 Å². The summed E-state index contributed by atoms with van der Waals surface area (Å²) in [6.45, 7) is 3.22. The number of rotatable bonds is 8. The molecule has 0 N–H and O–H groups in total.